The average Bonchev–Trinajstić information content (AvgIpc) is 2.20. The van der Waals surface area contributed by atoms with E-state index >= 15 is 0 Å². The number of halogens is 1. The van der Waals surface area contributed by atoms with Gasteiger partial charge >= 0.3 is 0 Å². The van der Waals surface area contributed by atoms with Crippen LogP contribution in [0.5, 0.6) is 5.75 Å². The molecule has 0 spiro atoms. The van der Waals surface area contributed by atoms with Crippen molar-refractivity contribution in [3.8, 4) is 5.75 Å². The molecule has 15 heavy (non-hydrogen) atoms. The second-order valence-electron chi connectivity index (χ2n) is 3.39. The molecule has 0 aromatic heterocycles. The molecule has 0 unspecified atom stereocenters. The molecule has 1 N–H and O–H groups in total. The highest BCUT2D eigenvalue weighted by molar-refractivity contribution is 6.25. The molecular weight excluding hydrogens is 212 g/mol. The fraction of sp³-hybridized carbons (Fsp3) is 0.333. The van der Waals surface area contributed by atoms with Gasteiger partial charge in [0.15, 0.2) is 0 Å². The van der Waals surface area contributed by atoms with Crippen molar-refractivity contribution >= 4 is 11.6 Å². The topological polar surface area (TPSA) is 29.5 Å². The third-order valence-electron chi connectivity index (χ3n) is 2.04. The van der Waals surface area contributed by atoms with Crippen LogP contribution >= 0.6 is 11.6 Å². The number of aryl methyl sites for hydroxylation is 1. The molecule has 0 radical (unpaired) electrons. The van der Waals surface area contributed by atoms with Crippen LogP contribution in [-0.4, -0.2) is 11.7 Å². The molecule has 1 aromatic carbocycles. The van der Waals surface area contributed by atoms with Gasteiger partial charge in [-0.2, -0.15) is 0 Å². The summed E-state index contributed by atoms with van der Waals surface area (Å²) in [5.41, 5.74) is 3.32. The fourth-order valence-corrected chi connectivity index (χ4v) is 1.37. The van der Waals surface area contributed by atoms with Crippen molar-refractivity contribution < 1.29 is 9.84 Å². The Hall–Kier alpha value is -0.990. The number of benzene rings is 1. The summed E-state index contributed by atoms with van der Waals surface area (Å²) in [5.74, 6) is 0.699. The van der Waals surface area contributed by atoms with Crippen molar-refractivity contribution in [3.05, 3.63) is 40.9 Å². The van der Waals surface area contributed by atoms with E-state index in [4.69, 9.17) is 16.3 Å². The second kappa shape index (κ2) is 5.79. The molecular formula is C12H15ClO2. The van der Waals surface area contributed by atoms with Gasteiger partial charge in [-0.05, 0) is 32.1 Å². The van der Waals surface area contributed by atoms with E-state index in [1.165, 1.54) is 5.54 Å². The van der Waals surface area contributed by atoms with E-state index < -0.39 is 6.10 Å². The maximum absolute atomic E-state index is 9.56. The van der Waals surface area contributed by atoms with Crippen LogP contribution in [0.1, 0.15) is 24.2 Å². The highest BCUT2D eigenvalue weighted by Crippen LogP contribution is 2.26. The van der Waals surface area contributed by atoms with Gasteiger partial charge in [0, 0.05) is 11.1 Å². The molecule has 0 saturated heterocycles. The van der Waals surface area contributed by atoms with Crippen LogP contribution in [0.25, 0.3) is 0 Å². The van der Waals surface area contributed by atoms with Gasteiger partial charge in [-0.3, -0.25) is 0 Å². The summed E-state index contributed by atoms with van der Waals surface area (Å²) in [6.07, 6.45) is 1.17. The fourth-order valence-electron chi connectivity index (χ4n) is 1.30. The quantitative estimate of drug-likeness (QED) is 0.855. The number of aliphatic hydroxyl groups excluding tert-OH is 1. The van der Waals surface area contributed by atoms with E-state index in [1.54, 1.807) is 13.0 Å². The SMILES string of the molecule is Cc1ccc(OCC=CCl)c([C@H](C)O)c1. The zero-order valence-electron chi connectivity index (χ0n) is 8.90. The molecule has 1 rings (SSSR count). The van der Waals surface area contributed by atoms with E-state index in [9.17, 15) is 5.11 Å². The summed E-state index contributed by atoms with van der Waals surface area (Å²) in [7, 11) is 0. The molecule has 1 atom stereocenters. The predicted octanol–water partition coefficient (Wildman–Crippen LogP) is 3.18. The van der Waals surface area contributed by atoms with Gasteiger partial charge in [-0.1, -0.05) is 23.2 Å². The first-order chi connectivity index (χ1) is 7.15. The Labute approximate surface area is 95.1 Å². The van der Waals surface area contributed by atoms with Crippen molar-refractivity contribution in [2.75, 3.05) is 6.61 Å². The van der Waals surface area contributed by atoms with Gasteiger partial charge in [0.05, 0.1) is 6.10 Å². The van der Waals surface area contributed by atoms with E-state index in [2.05, 4.69) is 0 Å². The lowest BCUT2D eigenvalue weighted by Gasteiger charge is -2.13. The molecule has 3 heteroatoms. The average molecular weight is 227 g/mol. The van der Waals surface area contributed by atoms with Gasteiger partial charge in [-0.25, -0.2) is 0 Å². The minimum Gasteiger partial charge on any atom is -0.489 e. The van der Waals surface area contributed by atoms with E-state index in [0.29, 0.717) is 12.4 Å². The largest absolute Gasteiger partial charge is 0.489 e. The normalized spacial score (nSPS) is 13.1. The molecule has 1 aromatic rings. The van der Waals surface area contributed by atoms with Gasteiger partial charge in [0.1, 0.15) is 12.4 Å². The number of rotatable bonds is 4. The first-order valence-electron chi connectivity index (χ1n) is 4.81. The molecule has 2 nitrogen and oxygen atoms in total. The van der Waals surface area contributed by atoms with Crippen molar-refractivity contribution in [1.82, 2.24) is 0 Å². The Kier molecular flexibility index (Phi) is 4.66. The van der Waals surface area contributed by atoms with Crippen molar-refractivity contribution in [2.45, 2.75) is 20.0 Å². The zero-order chi connectivity index (χ0) is 11.3. The van der Waals surface area contributed by atoms with Crippen LogP contribution in [0.15, 0.2) is 29.8 Å². The smallest absolute Gasteiger partial charge is 0.125 e. The molecule has 0 heterocycles. The standard InChI is InChI=1S/C12H15ClO2/c1-9-4-5-12(15-7-3-6-13)11(8-9)10(2)14/h3-6,8,10,14H,7H2,1-2H3/t10-/m0/s1. The molecule has 0 aliphatic rings. The van der Waals surface area contributed by atoms with Crippen LogP contribution < -0.4 is 4.74 Å². The maximum Gasteiger partial charge on any atom is 0.125 e. The minimum atomic E-state index is -0.528. The van der Waals surface area contributed by atoms with E-state index in [-0.39, 0.29) is 0 Å². The Morgan fingerprint density at radius 1 is 1.53 bits per heavy atom. The summed E-state index contributed by atoms with van der Waals surface area (Å²) in [4.78, 5) is 0. The molecule has 0 fully saturated rings. The Morgan fingerprint density at radius 2 is 2.27 bits per heavy atom. The zero-order valence-corrected chi connectivity index (χ0v) is 9.66. The van der Waals surface area contributed by atoms with E-state index in [1.807, 2.05) is 25.1 Å². The minimum absolute atomic E-state index is 0.409. The van der Waals surface area contributed by atoms with Gasteiger partial charge in [0.2, 0.25) is 0 Å². The molecule has 0 aliphatic heterocycles. The lowest BCUT2D eigenvalue weighted by atomic mass is 10.1. The first kappa shape index (κ1) is 12.1. The van der Waals surface area contributed by atoms with Crippen molar-refractivity contribution in [3.63, 3.8) is 0 Å². The Morgan fingerprint density at radius 3 is 2.87 bits per heavy atom. The molecule has 0 amide bonds. The first-order valence-corrected chi connectivity index (χ1v) is 5.25. The third-order valence-corrected chi connectivity index (χ3v) is 2.22. The number of hydrogen-bond acceptors (Lipinski definition) is 2. The van der Waals surface area contributed by atoms with Crippen LogP contribution in [0, 0.1) is 6.92 Å². The lowest BCUT2D eigenvalue weighted by Crippen LogP contribution is -2.00. The molecule has 0 bridgehead atoms. The van der Waals surface area contributed by atoms with Crippen molar-refractivity contribution in [1.29, 1.82) is 0 Å². The summed E-state index contributed by atoms with van der Waals surface area (Å²) >= 11 is 5.39. The van der Waals surface area contributed by atoms with Gasteiger partial charge < -0.3 is 9.84 Å². The highest BCUT2D eigenvalue weighted by atomic mass is 35.5. The van der Waals surface area contributed by atoms with Crippen LogP contribution in [0.4, 0.5) is 0 Å². The number of aliphatic hydroxyl groups is 1. The van der Waals surface area contributed by atoms with Crippen LogP contribution in [0.2, 0.25) is 0 Å². The highest BCUT2D eigenvalue weighted by Gasteiger charge is 2.08. The summed E-state index contributed by atoms with van der Waals surface area (Å²) < 4.78 is 5.46. The monoisotopic (exact) mass is 226 g/mol. The van der Waals surface area contributed by atoms with Gasteiger partial charge in [0.25, 0.3) is 0 Å². The Bertz CT molecular complexity index is 345. The predicted molar refractivity (Wildman–Crippen MR) is 62.3 cm³/mol. The molecule has 0 saturated carbocycles. The Balaban J connectivity index is 2.85. The van der Waals surface area contributed by atoms with Crippen LogP contribution in [0.3, 0.4) is 0 Å². The summed E-state index contributed by atoms with van der Waals surface area (Å²) in [5, 5.41) is 9.56. The van der Waals surface area contributed by atoms with Crippen molar-refractivity contribution in [2.24, 2.45) is 0 Å². The van der Waals surface area contributed by atoms with Gasteiger partial charge in [-0.15, -0.1) is 0 Å². The number of ether oxygens (including phenoxy) is 1. The molecule has 0 aliphatic carbocycles. The summed E-state index contributed by atoms with van der Waals surface area (Å²) in [6, 6.07) is 5.73. The third kappa shape index (κ3) is 3.57. The van der Waals surface area contributed by atoms with Crippen LogP contribution in [-0.2, 0) is 0 Å². The molecule has 82 valence electrons. The number of hydrogen-bond donors (Lipinski definition) is 1. The maximum atomic E-state index is 9.56. The summed E-state index contributed by atoms with van der Waals surface area (Å²) in [6.45, 7) is 4.11. The van der Waals surface area contributed by atoms with E-state index in [0.717, 1.165) is 11.1 Å². The lowest BCUT2D eigenvalue weighted by molar-refractivity contribution is 0.193. The second-order valence-corrected chi connectivity index (χ2v) is 3.64.